The zero-order valence-corrected chi connectivity index (χ0v) is 8.55. The number of hydrogen-bond acceptors (Lipinski definition) is 4. The molecule has 2 unspecified atom stereocenters. The topological polar surface area (TPSA) is 104 Å². The van der Waals surface area contributed by atoms with Crippen molar-refractivity contribution in [3.63, 3.8) is 0 Å². The Hall–Kier alpha value is -1.14. The summed E-state index contributed by atoms with van der Waals surface area (Å²) >= 11 is 0. The van der Waals surface area contributed by atoms with Gasteiger partial charge in [0.05, 0.1) is 18.9 Å². The van der Waals surface area contributed by atoms with Crippen LogP contribution in [0.25, 0.3) is 0 Å². The van der Waals surface area contributed by atoms with E-state index >= 15 is 0 Å². The molecule has 0 spiro atoms. The van der Waals surface area contributed by atoms with Gasteiger partial charge in [-0.05, 0) is 18.8 Å². The van der Waals surface area contributed by atoms with Gasteiger partial charge in [-0.2, -0.15) is 0 Å². The molecule has 3 N–H and O–H groups in total. The van der Waals surface area contributed by atoms with Gasteiger partial charge < -0.3 is 10.2 Å². The van der Waals surface area contributed by atoms with E-state index in [-0.39, 0.29) is 19.4 Å². The monoisotopic (exact) mass is 220 g/mol. The van der Waals surface area contributed by atoms with Crippen molar-refractivity contribution in [3.8, 4) is 0 Å². The molecular weight excluding hydrogens is 204 g/mol. The zero-order valence-electron chi connectivity index (χ0n) is 8.55. The summed E-state index contributed by atoms with van der Waals surface area (Å²) in [6.07, 6.45) is 0.417. The molecule has 0 bridgehead atoms. The van der Waals surface area contributed by atoms with E-state index < -0.39 is 23.8 Å². The van der Waals surface area contributed by atoms with Crippen LogP contribution in [0.2, 0.25) is 0 Å². The Morgan fingerprint density at radius 3 is 2.27 bits per heavy atom. The van der Waals surface area contributed by atoms with Crippen molar-refractivity contribution in [2.75, 3.05) is 6.61 Å². The Morgan fingerprint density at radius 2 is 1.93 bits per heavy atom. The van der Waals surface area contributed by atoms with E-state index in [9.17, 15) is 9.59 Å². The van der Waals surface area contributed by atoms with Gasteiger partial charge in [0, 0.05) is 0 Å². The lowest BCUT2D eigenvalue weighted by atomic mass is 9.91. The largest absolute Gasteiger partial charge is 0.481 e. The van der Waals surface area contributed by atoms with Gasteiger partial charge in [0.2, 0.25) is 0 Å². The maximum atomic E-state index is 10.7. The third kappa shape index (κ3) is 6.03. The highest BCUT2D eigenvalue weighted by Gasteiger charge is 2.23. The molecule has 0 aliphatic rings. The molecule has 0 aliphatic heterocycles. The lowest BCUT2D eigenvalue weighted by molar-refractivity contribution is -0.252. The quantitative estimate of drug-likeness (QED) is 0.417. The third-order valence-electron chi connectivity index (χ3n) is 2.23. The van der Waals surface area contributed by atoms with Gasteiger partial charge in [-0.1, -0.05) is 6.92 Å². The minimum Gasteiger partial charge on any atom is -0.481 e. The summed E-state index contributed by atoms with van der Waals surface area (Å²) in [6.45, 7) is 1.56. The molecule has 15 heavy (non-hydrogen) atoms. The summed E-state index contributed by atoms with van der Waals surface area (Å²) < 4.78 is 0. The molecular formula is C9H16O6. The predicted molar refractivity (Wildman–Crippen MR) is 50.4 cm³/mol. The molecule has 0 aliphatic carbocycles. The van der Waals surface area contributed by atoms with Gasteiger partial charge in [-0.25, -0.2) is 4.89 Å². The van der Waals surface area contributed by atoms with Crippen LogP contribution < -0.4 is 0 Å². The van der Waals surface area contributed by atoms with E-state index in [1.54, 1.807) is 6.92 Å². The van der Waals surface area contributed by atoms with E-state index in [2.05, 4.69) is 4.89 Å². The van der Waals surface area contributed by atoms with Crippen LogP contribution in [0.1, 0.15) is 26.2 Å². The molecule has 0 saturated carbocycles. The highest BCUT2D eigenvalue weighted by Crippen LogP contribution is 2.19. The molecule has 0 aromatic heterocycles. The summed E-state index contributed by atoms with van der Waals surface area (Å²) in [5.41, 5.74) is 0. The fourth-order valence-electron chi connectivity index (χ4n) is 1.41. The van der Waals surface area contributed by atoms with Crippen LogP contribution in [0, 0.1) is 11.8 Å². The molecule has 0 amide bonds. The average Bonchev–Trinajstić information content (AvgIpc) is 2.12. The molecule has 0 fully saturated rings. The number of rotatable bonds is 8. The lowest BCUT2D eigenvalue weighted by Crippen LogP contribution is -2.22. The maximum Gasteiger partial charge on any atom is 0.306 e. The Labute approximate surface area is 87.4 Å². The van der Waals surface area contributed by atoms with E-state index in [1.807, 2.05) is 0 Å². The van der Waals surface area contributed by atoms with Gasteiger partial charge >= 0.3 is 11.9 Å². The normalized spacial score (nSPS) is 14.5. The minimum absolute atomic E-state index is 0.157. The molecule has 0 rings (SSSR count). The van der Waals surface area contributed by atoms with Gasteiger partial charge in [0.25, 0.3) is 0 Å². The standard InChI is InChI=1S/C9H16O6/c1-2-7(9(12)13)3-6(5-15-14)4-8(10)11/h6-7,14H,2-5H2,1H3,(H,10,11)(H,12,13). The SMILES string of the molecule is CCC(CC(COO)CC(=O)O)C(=O)O. The first-order valence-corrected chi connectivity index (χ1v) is 4.72. The Kier molecular flexibility index (Phi) is 6.64. The highest BCUT2D eigenvalue weighted by molar-refractivity contribution is 5.70. The van der Waals surface area contributed by atoms with Crippen LogP contribution in [0.5, 0.6) is 0 Å². The first kappa shape index (κ1) is 13.9. The lowest BCUT2D eigenvalue weighted by Gasteiger charge is -2.16. The Morgan fingerprint density at radius 1 is 1.33 bits per heavy atom. The van der Waals surface area contributed by atoms with E-state index in [0.717, 1.165) is 0 Å². The highest BCUT2D eigenvalue weighted by atomic mass is 17.1. The van der Waals surface area contributed by atoms with Gasteiger partial charge in [0.15, 0.2) is 0 Å². The number of carboxylic acids is 2. The van der Waals surface area contributed by atoms with Crippen molar-refractivity contribution in [1.29, 1.82) is 0 Å². The molecule has 0 saturated heterocycles. The van der Waals surface area contributed by atoms with Crippen molar-refractivity contribution in [2.45, 2.75) is 26.2 Å². The number of carboxylic acid groups (broad SMARTS) is 2. The van der Waals surface area contributed by atoms with Crippen LogP contribution in [0.3, 0.4) is 0 Å². The van der Waals surface area contributed by atoms with Crippen molar-refractivity contribution in [3.05, 3.63) is 0 Å². The van der Waals surface area contributed by atoms with E-state index in [1.165, 1.54) is 0 Å². The Balaban J connectivity index is 4.23. The van der Waals surface area contributed by atoms with Crippen molar-refractivity contribution < 1.29 is 29.9 Å². The minimum atomic E-state index is -1.03. The molecule has 0 radical (unpaired) electrons. The van der Waals surface area contributed by atoms with Crippen LogP contribution in [-0.2, 0) is 14.5 Å². The summed E-state index contributed by atoms with van der Waals surface area (Å²) in [5, 5.41) is 25.6. The third-order valence-corrected chi connectivity index (χ3v) is 2.23. The van der Waals surface area contributed by atoms with Gasteiger partial charge in [-0.15, -0.1) is 0 Å². The molecule has 0 aromatic rings. The average molecular weight is 220 g/mol. The van der Waals surface area contributed by atoms with Crippen LogP contribution >= 0.6 is 0 Å². The summed E-state index contributed by atoms with van der Waals surface area (Å²) in [7, 11) is 0. The second-order valence-electron chi connectivity index (χ2n) is 3.44. The fourth-order valence-corrected chi connectivity index (χ4v) is 1.41. The van der Waals surface area contributed by atoms with Crippen molar-refractivity contribution in [2.24, 2.45) is 11.8 Å². The molecule has 88 valence electrons. The number of hydrogen-bond donors (Lipinski definition) is 3. The molecule has 2 atom stereocenters. The van der Waals surface area contributed by atoms with Crippen molar-refractivity contribution in [1.82, 2.24) is 0 Å². The molecule has 6 heteroatoms. The summed E-state index contributed by atoms with van der Waals surface area (Å²) in [5.74, 6) is -3.05. The number of carbonyl (C=O) groups is 2. The first-order valence-electron chi connectivity index (χ1n) is 4.72. The van der Waals surface area contributed by atoms with Gasteiger partial charge in [-0.3, -0.25) is 14.8 Å². The van der Waals surface area contributed by atoms with E-state index in [4.69, 9.17) is 15.5 Å². The first-order chi connectivity index (χ1) is 7.01. The van der Waals surface area contributed by atoms with Crippen LogP contribution in [0.15, 0.2) is 0 Å². The maximum absolute atomic E-state index is 10.7. The Bertz CT molecular complexity index is 215. The fraction of sp³-hybridized carbons (Fsp3) is 0.778. The van der Waals surface area contributed by atoms with Crippen LogP contribution in [-0.4, -0.2) is 34.0 Å². The number of aliphatic carboxylic acids is 2. The second kappa shape index (κ2) is 7.19. The zero-order chi connectivity index (χ0) is 11.8. The molecule has 0 heterocycles. The van der Waals surface area contributed by atoms with E-state index in [0.29, 0.717) is 6.42 Å². The summed E-state index contributed by atoms with van der Waals surface area (Å²) in [6, 6.07) is 0. The molecule has 6 nitrogen and oxygen atoms in total. The van der Waals surface area contributed by atoms with Gasteiger partial charge in [0.1, 0.15) is 0 Å². The summed E-state index contributed by atoms with van der Waals surface area (Å²) in [4.78, 5) is 25.0. The van der Waals surface area contributed by atoms with Crippen LogP contribution in [0.4, 0.5) is 0 Å². The smallest absolute Gasteiger partial charge is 0.306 e. The van der Waals surface area contributed by atoms with Crippen molar-refractivity contribution >= 4 is 11.9 Å². The second-order valence-corrected chi connectivity index (χ2v) is 3.44. The molecule has 0 aromatic carbocycles. The predicted octanol–water partition coefficient (Wildman–Crippen LogP) is 1.07.